The molecule has 3 rings (SSSR count). The number of aromatic amines is 2. The minimum Gasteiger partial charge on any atom is -0.370 e. The quantitative estimate of drug-likeness (QED) is 0.0352. The zero-order chi connectivity index (χ0) is 56.2. The molecule has 0 bridgehead atoms. The van der Waals surface area contributed by atoms with Crippen LogP contribution in [0.1, 0.15) is 105 Å². The van der Waals surface area contributed by atoms with Gasteiger partial charge in [0, 0.05) is 67.1 Å². The van der Waals surface area contributed by atoms with Gasteiger partial charge in [-0.1, -0.05) is 73.1 Å². The monoisotopic (exact) mass is 1040 g/mol. The lowest BCUT2D eigenvalue weighted by Gasteiger charge is -2.30. The Kier molecular flexibility index (Phi) is 23.9. The fraction of sp³-hybridized carbons (Fsp3) is 0.549. The van der Waals surface area contributed by atoms with Crippen LogP contribution in [0.3, 0.4) is 0 Å². The normalized spacial score (nSPS) is 14.9. The zero-order valence-corrected chi connectivity index (χ0v) is 44.0. The van der Waals surface area contributed by atoms with Crippen LogP contribution in [-0.2, 0) is 60.8 Å². The Balaban J connectivity index is 1.73. The highest BCUT2D eigenvalue weighted by Crippen LogP contribution is 2.21. The molecular weight excluding hydrogens is 969 g/mol. The van der Waals surface area contributed by atoms with Gasteiger partial charge in [-0.25, -0.2) is 4.98 Å². The number of nitrogens with zero attached hydrogens (tertiary/aromatic N) is 1. The number of nitrogens with one attached hydrogen (secondary N) is 10. The number of carbonyl (C=O) groups excluding carboxylic acids is 10. The van der Waals surface area contributed by atoms with Gasteiger partial charge in [0.2, 0.25) is 59.1 Å². The van der Waals surface area contributed by atoms with Gasteiger partial charge in [-0.15, -0.1) is 12.3 Å². The molecule has 0 aliphatic heterocycles. The summed E-state index contributed by atoms with van der Waals surface area (Å²) >= 11 is 0. The van der Waals surface area contributed by atoms with E-state index in [-0.39, 0.29) is 50.9 Å². The summed E-state index contributed by atoms with van der Waals surface area (Å²) in [6.45, 7) is 13.2. The molecule has 3 aromatic rings. The first kappa shape index (κ1) is 61.5. The maximum atomic E-state index is 14.1. The van der Waals surface area contributed by atoms with Crippen LogP contribution in [0.4, 0.5) is 0 Å². The average Bonchev–Trinajstić information content (AvgIpc) is 4.02. The summed E-state index contributed by atoms with van der Waals surface area (Å²) in [5.41, 5.74) is 18.0. The van der Waals surface area contributed by atoms with E-state index in [0.717, 1.165) is 10.9 Å². The molecular formula is C51H76N14O10. The lowest BCUT2D eigenvalue weighted by Crippen LogP contribution is -2.59. The molecule has 16 N–H and O–H groups in total. The molecule has 2 heterocycles. The van der Waals surface area contributed by atoms with Crippen molar-refractivity contribution in [3.05, 3.63) is 54.2 Å². The number of primary amides is 2. The predicted molar refractivity (Wildman–Crippen MR) is 279 cm³/mol. The van der Waals surface area contributed by atoms with Crippen molar-refractivity contribution in [2.45, 2.75) is 155 Å². The maximum absolute atomic E-state index is 14.1. The zero-order valence-electron chi connectivity index (χ0n) is 44.0. The van der Waals surface area contributed by atoms with Crippen molar-refractivity contribution in [2.75, 3.05) is 6.54 Å². The minimum absolute atomic E-state index is 0.0139. The highest BCUT2D eigenvalue weighted by Gasteiger charge is 2.34. The predicted octanol–water partition coefficient (Wildman–Crippen LogP) is -1.16. The minimum atomic E-state index is -1.36. The number of hydrogen-bond acceptors (Lipinski definition) is 12. The second-order valence-electron chi connectivity index (χ2n) is 20.1. The fourth-order valence-corrected chi connectivity index (χ4v) is 7.90. The van der Waals surface area contributed by atoms with Crippen molar-refractivity contribution in [1.82, 2.24) is 57.5 Å². The summed E-state index contributed by atoms with van der Waals surface area (Å²) < 4.78 is 0. The van der Waals surface area contributed by atoms with Gasteiger partial charge in [-0.3, -0.25) is 47.9 Å². The summed E-state index contributed by atoms with van der Waals surface area (Å²) in [7, 11) is 0. The molecule has 0 spiro atoms. The van der Waals surface area contributed by atoms with E-state index in [4.69, 9.17) is 23.6 Å². The number of benzene rings is 1. The lowest BCUT2D eigenvalue weighted by atomic mass is 9.86. The van der Waals surface area contributed by atoms with Crippen molar-refractivity contribution in [3.63, 3.8) is 0 Å². The first-order valence-corrected chi connectivity index (χ1v) is 24.9. The van der Waals surface area contributed by atoms with E-state index in [9.17, 15) is 47.9 Å². The van der Waals surface area contributed by atoms with Crippen molar-refractivity contribution in [3.8, 4) is 12.3 Å². The Morgan fingerprint density at radius 3 is 1.96 bits per heavy atom. The third kappa shape index (κ3) is 19.9. The molecule has 10 amide bonds. The summed E-state index contributed by atoms with van der Waals surface area (Å²) in [4.78, 5) is 142. The number of amides is 10. The van der Waals surface area contributed by atoms with Gasteiger partial charge in [-0.2, -0.15) is 0 Å². The summed E-state index contributed by atoms with van der Waals surface area (Å²) in [5.74, 6) is -5.52. The fourth-order valence-electron chi connectivity index (χ4n) is 7.90. The van der Waals surface area contributed by atoms with Crippen molar-refractivity contribution in [1.29, 1.82) is 0 Å². The summed E-state index contributed by atoms with van der Waals surface area (Å²) in [6.07, 6.45) is 9.89. The third-order valence-corrected chi connectivity index (χ3v) is 12.6. The molecule has 1 aromatic carbocycles. The van der Waals surface area contributed by atoms with Gasteiger partial charge < -0.3 is 69.7 Å². The Hall–Kier alpha value is -7.81. The molecule has 0 aliphatic carbocycles. The van der Waals surface area contributed by atoms with Crippen LogP contribution in [0.25, 0.3) is 10.9 Å². The molecule has 0 saturated carbocycles. The largest absolute Gasteiger partial charge is 0.370 e. The number of hydrogen-bond donors (Lipinski definition) is 13. The molecule has 24 heteroatoms. The van der Waals surface area contributed by atoms with Gasteiger partial charge in [-0.05, 0) is 48.6 Å². The Bertz CT molecular complexity index is 2510. The van der Waals surface area contributed by atoms with Crippen LogP contribution in [0.2, 0.25) is 0 Å². The standard InChI is InChI=1S/C51H76N14O10/c1-10-14-33(52)46(71)62-36(17-19-39(53)66)47(72)63-37(21-30-23-56-35-16-13-12-15-32(30)35)48(73)59-29(6)45(70)65-42(27(3)4)50(75)57-25-41(68)60-38(22-31-24-55-26-58-31)49(74)61-34(28(5)11-2)18-20-40(67)64-43(44(54)69)51(7,8)9/h1,12-13,15-16,23-24,26-29,33-34,36-38,42-43,56H,11,14,17-22,25,52H2,2-9H3,(H2,53,66)(H2,54,69)(H,55,58)(H,57,75)(H,59,73)(H,60,68)(H,61,74)(H,62,71)(H,63,72)(H,64,67)(H,65,70)/t28-,29-,33?,34+,36-,37-,38-,42-,43+/m0/s1. The van der Waals surface area contributed by atoms with E-state index in [1.165, 1.54) is 19.4 Å². The molecule has 9 atom stereocenters. The van der Waals surface area contributed by atoms with Crippen LogP contribution in [0.15, 0.2) is 43.0 Å². The van der Waals surface area contributed by atoms with E-state index < -0.39 is 125 Å². The van der Waals surface area contributed by atoms with Gasteiger partial charge in [0.05, 0.1) is 18.9 Å². The van der Waals surface area contributed by atoms with Crippen LogP contribution in [0.5, 0.6) is 0 Å². The molecule has 1 unspecified atom stereocenters. The van der Waals surface area contributed by atoms with E-state index >= 15 is 0 Å². The molecule has 0 fully saturated rings. The number of nitrogens with two attached hydrogens (primary N) is 3. The van der Waals surface area contributed by atoms with Gasteiger partial charge in [0.25, 0.3) is 0 Å². The van der Waals surface area contributed by atoms with Crippen LogP contribution >= 0.6 is 0 Å². The highest BCUT2D eigenvalue weighted by molar-refractivity contribution is 5.97. The number of fused-ring (bicyclic) bond motifs is 1. The Labute approximate surface area is 436 Å². The first-order valence-electron chi connectivity index (χ1n) is 24.9. The molecule has 0 radical (unpaired) electrons. The molecule has 410 valence electrons. The third-order valence-electron chi connectivity index (χ3n) is 12.6. The topological polar surface area (TPSA) is 389 Å². The number of rotatable bonds is 30. The molecule has 75 heavy (non-hydrogen) atoms. The van der Waals surface area contributed by atoms with Crippen LogP contribution in [0, 0.1) is 29.6 Å². The average molecular weight is 1050 g/mol. The highest BCUT2D eigenvalue weighted by atomic mass is 16.2. The molecule has 0 saturated heterocycles. The molecule has 0 aliphatic rings. The molecule has 24 nitrogen and oxygen atoms in total. The van der Waals surface area contributed by atoms with Crippen molar-refractivity contribution in [2.24, 2.45) is 34.5 Å². The van der Waals surface area contributed by atoms with E-state index in [1.807, 2.05) is 32.0 Å². The second-order valence-corrected chi connectivity index (χ2v) is 20.1. The smallest absolute Gasteiger partial charge is 0.243 e. The summed E-state index contributed by atoms with van der Waals surface area (Å²) in [6, 6.07) is -1.78. The Morgan fingerprint density at radius 2 is 1.36 bits per heavy atom. The number of imidazole rings is 1. The van der Waals surface area contributed by atoms with Crippen molar-refractivity contribution < 1.29 is 47.9 Å². The van der Waals surface area contributed by atoms with E-state index in [0.29, 0.717) is 17.7 Å². The summed E-state index contributed by atoms with van der Waals surface area (Å²) in [5, 5.41) is 21.9. The first-order chi connectivity index (χ1) is 35.2. The van der Waals surface area contributed by atoms with Crippen molar-refractivity contribution >= 4 is 70.0 Å². The molecule has 2 aromatic heterocycles. The van der Waals surface area contributed by atoms with E-state index in [1.54, 1.807) is 46.9 Å². The van der Waals surface area contributed by atoms with Gasteiger partial charge >= 0.3 is 0 Å². The number of carbonyl (C=O) groups is 10. The number of terminal acetylenes is 1. The maximum Gasteiger partial charge on any atom is 0.243 e. The van der Waals surface area contributed by atoms with E-state index in [2.05, 4.69) is 63.4 Å². The number of aromatic nitrogens is 3. The Morgan fingerprint density at radius 1 is 0.720 bits per heavy atom. The SMILES string of the molecule is C#CCC(N)C(=O)N[C@@H](CCC(N)=O)C(=O)N[C@@H](Cc1c[nH]c2ccccc12)C(=O)N[C@@H](C)C(=O)N[C@H](C(=O)NCC(=O)N[C@@H](Cc1cnc[nH]1)C(=O)N[C@H](CCC(=O)N[C@H](C(N)=O)C(C)(C)C)[C@@H](C)CC)C(C)C. The van der Waals surface area contributed by atoms with Crippen LogP contribution < -0.4 is 59.7 Å². The number of para-hydroxylation sites is 1. The second kappa shape index (κ2) is 29.2. The lowest BCUT2D eigenvalue weighted by molar-refractivity contribution is -0.135. The van der Waals surface area contributed by atoms with Gasteiger partial charge in [0.1, 0.15) is 36.3 Å². The van der Waals surface area contributed by atoms with Gasteiger partial charge in [0.15, 0.2) is 0 Å². The number of H-pyrrole nitrogens is 2. The van der Waals surface area contributed by atoms with Crippen LogP contribution in [-0.4, -0.2) is 129 Å².